The Morgan fingerprint density at radius 1 is 1.26 bits per heavy atom. The first kappa shape index (κ1) is 15.1. The van der Waals surface area contributed by atoms with Crippen molar-refractivity contribution in [2.24, 2.45) is 0 Å². The molecule has 0 aliphatic carbocycles. The van der Waals surface area contributed by atoms with Crippen LogP contribution in [0.5, 0.6) is 0 Å². The van der Waals surface area contributed by atoms with E-state index in [4.69, 9.17) is 9.52 Å². The van der Waals surface area contributed by atoms with Crippen LogP contribution in [-0.2, 0) is 4.79 Å². The molecule has 2 aromatic rings. The molecule has 6 nitrogen and oxygen atoms in total. The van der Waals surface area contributed by atoms with E-state index in [0.29, 0.717) is 22.6 Å². The van der Waals surface area contributed by atoms with Gasteiger partial charge in [0.15, 0.2) is 0 Å². The monoisotopic (exact) mass is 329 g/mol. The van der Waals surface area contributed by atoms with E-state index in [0.717, 1.165) is 11.8 Å². The third-order valence-corrected chi connectivity index (χ3v) is 4.18. The number of hydrogen-bond donors (Lipinski definition) is 2. The molecule has 1 fully saturated rings. The third-order valence-electron chi connectivity index (χ3n) is 3.37. The average molecular weight is 329 g/mol. The van der Waals surface area contributed by atoms with E-state index >= 15 is 0 Å². The Kier molecular flexibility index (Phi) is 3.79. The van der Waals surface area contributed by atoms with Gasteiger partial charge in [0.1, 0.15) is 11.5 Å². The SMILES string of the molecule is Cc1c(C(=O)O)cccc1-c1ccc(/C=C2/SC(=O)NC2=O)o1. The molecule has 1 aliphatic heterocycles. The lowest BCUT2D eigenvalue weighted by Crippen LogP contribution is -2.17. The Bertz CT molecular complexity index is 865. The Labute approximate surface area is 135 Å². The summed E-state index contributed by atoms with van der Waals surface area (Å²) in [6, 6.07) is 8.28. The van der Waals surface area contributed by atoms with Crippen LogP contribution in [0.3, 0.4) is 0 Å². The van der Waals surface area contributed by atoms with E-state index in [2.05, 4.69) is 5.32 Å². The summed E-state index contributed by atoms with van der Waals surface area (Å²) < 4.78 is 5.66. The highest BCUT2D eigenvalue weighted by Crippen LogP contribution is 2.30. The molecule has 0 spiro atoms. The molecule has 0 unspecified atom stereocenters. The van der Waals surface area contributed by atoms with Gasteiger partial charge >= 0.3 is 5.97 Å². The highest BCUT2D eigenvalue weighted by Gasteiger charge is 2.25. The maximum atomic E-state index is 11.5. The molecule has 0 saturated carbocycles. The predicted molar refractivity (Wildman–Crippen MR) is 84.9 cm³/mol. The number of furan rings is 1. The average Bonchev–Trinajstić information content (AvgIpc) is 3.06. The number of thioether (sulfide) groups is 1. The maximum Gasteiger partial charge on any atom is 0.335 e. The molecule has 3 rings (SSSR count). The van der Waals surface area contributed by atoms with Gasteiger partial charge < -0.3 is 9.52 Å². The van der Waals surface area contributed by atoms with Crippen molar-refractivity contribution >= 4 is 35.0 Å². The minimum Gasteiger partial charge on any atom is -0.478 e. The summed E-state index contributed by atoms with van der Waals surface area (Å²) in [6.45, 7) is 1.71. The fourth-order valence-electron chi connectivity index (χ4n) is 2.26. The van der Waals surface area contributed by atoms with Crippen molar-refractivity contribution in [3.63, 3.8) is 0 Å². The fourth-order valence-corrected chi connectivity index (χ4v) is 2.92. The number of amides is 2. The van der Waals surface area contributed by atoms with Gasteiger partial charge in [0, 0.05) is 11.6 Å². The lowest BCUT2D eigenvalue weighted by Gasteiger charge is -2.05. The largest absolute Gasteiger partial charge is 0.478 e. The summed E-state index contributed by atoms with van der Waals surface area (Å²) in [5, 5.41) is 10.9. The second-order valence-electron chi connectivity index (χ2n) is 4.84. The van der Waals surface area contributed by atoms with Gasteiger partial charge in [-0.1, -0.05) is 12.1 Å². The van der Waals surface area contributed by atoms with Gasteiger partial charge in [-0.3, -0.25) is 14.9 Å². The number of benzene rings is 1. The van der Waals surface area contributed by atoms with Crippen LogP contribution >= 0.6 is 11.8 Å². The first-order valence-corrected chi connectivity index (χ1v) is 7.45. The molecule has 116 valence electrons. The molecular weight excluding hydrogens is 318 g/mol. The van der Waals surface area contributed by atoms with Crippen molar-refractivity contribution in [3.05, 3.63) is 52.1 Å². The fraction of sp³-hybridized carbons (Fsp3) is 0.0625. The van der Waals surface area contributed by atoms with Crippen molar-refractivity contribution in [2.75, 3.05) is 0 Å². The van der Waals surface area contributed by atoms with Crippen molar-refractivity contribution in [3.8, 4) is 11.3 Å². The quantitative estimate of drug-likeness (QED) is 0.839. The summed E-state index contributed by atoms with van der Waals surface area (Å²) in [5.41, 5.74) is 1.46. The molecule has 2 N–H and O–H groups in total. The van der Waals surface area contributed by atoms with Gasteiger partial charge in [0.2, 0.25) is 0 Å². The Morgan fingerprint density at radius 3 is 2.70 bits per heavy atom. The number of rotatable bonds is 3. The summed E-state index contributed by atoms with van der Waals surface area (Å²) in [6.07, 6.45) is 1.48. The van der Waals surface area contributed by atoms with E-state index in [1.807, 2.05) is 0 Å². The minimum absolute atomic E-state index is 0.204. The molecule has 1 saturated heterocycles. The summed E-state index contributed by atoms with van der Waals surface area (Å²) in [7, 11) is 0. The number of carbonyl (C=O) groups excluding carboxylic acids is 2. The molecule has 23 heavy (non-hydrogen) atoms. The molecule has 1 aromatic carbocycles. The summed E-state index contributed by atoms with van der Waals surface area (Å²) in [5.74, 6) is -0.558. The highest BCUT2D eigenvalue weighted by atomic mass is 32.2. The van der Waals surface area contributed by atoms with Gasteiger partial charge in [-0.25, -0.2) is 4.79 Å². The first-order valence-electron chi connectivity index (χ1n) is 6.63. The smallest absolute Gasteiger partial charge is 0.335 e. The van der Waals surface area contributed by atoms with Crippen molar-refractivity contribution in [1.82, 2.24) is 5.32 Å². The normalized spacial score (nSPS) is 16.0. The number of aromatic carboxylic acids is 1. The van der Waals surface area contributed by atoms with Crippen LogP contribution in [0.15, 0.2) is 39.7 Å². The lowest BCUT2D eigenvalue weighted by molar-refractivity contribution is -0.115. The molecule has 7 heteroatoms. The van der Waals surface area contributed by atoms with Gasteiger partial charge in [0.25, 0.3) is 11.1 Å². The topological polar surface area (TPSA) is 96.6 Å². The Morgan fingerprint density at radius 2 is 2.04 bits per heavy atom. The van der Waals surface area contributed by atoms with Crippen molar-refractivity contribution in [2.45, 2.75) is 6.92 Å². The third kappa shape index (κ3) is 2.91. The molecule has 1 aromatic heterocycles. The lowest BCUT2D eigenvalue weighted by atomic mass is 10.0. The van der Waals surface area contributed by atoms with E-state index in [-0.39, 0.29) is 10.5 Å². The second-order valence-corrected chi connectivity index (χ2v) is 5.85. The second kappa shape index (κ2) is 5.77. The van der Waals surface area contributed by atoms with E-state index < -0.39 is 17.1 Å². The number of carboxylic acids is 1. The number of imide groups is 1. The van der Waals surface area contributed by atoms with Gasteiger partial charge in [0.05, 0.1) is 10.5 Å². The molecule has 2 amide bonds. The van der Waals surface area contributed by atoms with Gasteiger partial charge in [-0.15, -0.1) is 0 Å². The zero-order chi connectivity index (χ0) is 16.6. The predicted octanol–water partition coefficient (Wildman–Crippen LogP) is 3.28. The van der Waals surface area contributed by atoms with Gasteiger partial charge in [-0.05, 0) is 42.4 Å². The first-order chi connectivity index (χ1) is 11.0. The van der Waals surface area contributed by atoms with Gasteiger partial charge in [-0.2, -0.15) is 0 Å². The molecular formula is C16H11NO5S. The maximum absolute atomic E-state index is 11.5. The number of nitrogens with one attached hydrogen (secondary N) is 1. The van der Waals surface area contributed by atoms with E-state index in [1.165, 1.54) is 12.1 Å². The molecule has 1 aliphatic rings. The molecule has 0 atom stereocenters. The molecule has 2 heterocycles. The van der Waals surface area contributed by atoms with E-state index in [9.17, 15) is 14.4 Å². The minimum atomic E-state index is -1.00. The van der Waals surface area contributed by atoms with Crippen LogP contribution in [-0.4, -0.2) is 22.2 Å². The number of carboxylic acid groups (broad SMARTS) is 1. The summed E-state index contributed by atoms with van der Waals surface area (Å²) in [4.78, 5) is 34.1. The molecule has 0 bridgehead atoms. The number of hydrogen-bond acceptors (Lipinski definition) is 5. The van der Waals surface area contributed by atoms with Crippen LogP contribution in [0.2, 0.25) is 0 Å². The van der Waals surface area contributed by atoms with Crippen molar-refractivity contribution in [1.29, 1.82) is 0 Å². The Hall–Kier alpha value is -2.80. The highest BCUT2D eigenvalue weighted by molar-refractivity contribution is 8.18. The summed E-state index contributed by atoms with van der Waals surface area (Å²) >= 11 is 0.807. The van der Waals surface area contributed by atoms with Crippen LogP contribution < -0.4 is 5.32 Å². The van der Waals surface area contributed by atoms with E-state index in [1.54, 1.807) is 31.2 Å². The van der Waals surface area contributed by atoms with Crippen LogP contribution in [0.25, 0.3) is 17.4 Å². The van der Waals surface area contributed by atoms with Crippen LogP contribution in [0, 0.1) is 6.92 Å². The molecule has 0 radical (unpaired) electrons. The van der Waals surface area contributed by atoms with Crippen LogP contribution in [0.1, 0.15) is 21.7 Å². The van der Waals surface area contributed by atoms with Crippen molar-refractivity contribution < 1.29 is 23.9 Å². The Balaban J connectivity index is 1.96. The standard InChI is InChI=1S/C16H11NO5S/c1-8-10(3-2-4-11(8)15(19)20)12-6-5-9(22-12)7-13-14(18)17-16(21)23-13/h2-7H,1H3,(H,19,20)(H,17,18,21)/b13-7+. The number of carbonyl (C=O) groups is 3. The van der Waals surface area contributed by atoms with Crippen LogP contribution in [0.4, 0.5) is 4.79 Å². The zero-order valence-electron chi connectivity index (χ0n) is 12.0. The zero-order valence-corrected chi connectivity index (χ0v) is 12.8.